The van der Waals surface area contributed by atoms with Crippen molar-refractivity contribution in [3.8, 4) is 5.75 Å². The quantitative estimate of drug-likeness (QED) is 0.693. The third kappa shape index (κ3) is 3.92. The highest BCUT2D eigenvalue weighted by atomic mass is 16.5. The summed E-state index contributed by atoms with van der Waals surface area (Å²) in [6.07, 6.45) is 0. The number of hydrogen-bond donors (Lipinski definition) is 1. The van der Waals surface area contributed by atoms with E-state index < -0.39 is 0 Å². The maximum atomic E-state index is 12.2. The summed E-state index contributed by atoms with van der Waals surface area (Å²) in [5.74, 6) is -0.163. The molecule has 2 aromatic carbocycles. The predicted octanol–water partition coefficient (Wildman–Crippen LogP) is 3.48. The van der Waals surface area contributed by atoms with E-state index in [0.29, 0.717) is 11.3 Å². The Hall–Kier alpha value is -2.62. The number of anilines is 1. The summed E-state index contributed by atoms with van der Waals surface area (Å²) < 4.78 is 4.93. The Bertz CT molecular complexity index is 675. The van der Waals surface area contributed by atoms with Crippen LogP contribution in [0, 0.1) is 13.8 Å². The Morgan fingerprint density at radius 2 is 1.67 bits per heavy atom. The Morgan fingerprint density at radius 3 is 2.24 bits per heavy atom. The van der Waals surface area contributed by atoms with Gasteiger partial charge in [0.25, 0.3) is 5.91 Å². The highest BCUT2D eigenvalue weighted by Gasteiger charge is 2.08. The van der Waals surface area contributed by atoms with Crippen LogP contribution in [-0.4, -0.2) is 11.9 Å². The molecule has 0 aliphatic rings. The molecular weight excluding hydrogens is 266 g/mol. The van der Waals surface area contributed by atoms with Crippen LogP contribution in [-0.2, 0) is 4.79 Å². The van der Waals surface area contributed by atoms with E-state index in [0.717, 1.165) is 16.8 Å². The lowest BCUT2D eigenvalue weighted by Gasteiger charge is -2.09. The summed E-state index contributed by atoms with van der Waals surface area (Å²) in [6.45, 7) is 5.29. The SMILES string of the molecule is CC(=O)Oc1ccc(C(=O)Nc2ccc(C)cc2C)cc1. The zero-order valence-corrected chi connectivity index (χ0v) is 12.3. The van der Waals surface area contributed by atoms with E-state index in [1.54, 1.807) is 24.3 Å². The molecule has 0 aliphatic carbocycles. The van der Waals surface area contributed by atoms with Crippen molar-refractivity contribution in [2.75, 3.05) is 5.32 Å². The molecule has 0 atom stereocenters. The van der Waals surface area contributed by atoms with Crippen molar-refractivity contribution >= 4 is 17.6 Å². The Labute approximate surface area is 123 Å². The van der Waals surface area contributed by atoms with Gasteiger partial charge in [-0.25, -0.2) is 0 Å². The van der Waals surface area contributed by atoms with Crippen LogP contribution in [0.25, 0.3) is 0 Å². The second-order valence-electron chi connectivity index (χ2n) is 4.89. The van der Waals surface area contributed by atoms with Crippen molar-refractivity contribution in [2.24, 2.45) is 0 Å². The van der Waals surface area contributed by atoms with E-state index in [1.807, 2.05) is 32.0 Å². The summed E-state index contributed by atoms with van der Waals surface area (Å²) >= 11 is 0. The fraction of sp³-hybridized carbons (Fsp3) is 0.176. The molecule has 2 aromatic rings. The minimum absolute atomic E-state index is 0.198. The summed E-state index contributed by atoms with van der Waals surface area (Å²) in [4.78, 5) is 23.0. The summed E-state index contributed by atoms with van der Waals surface area (Å²) in [5, 5.41) is 2.87. The van der Waals surface area contributed by atoms with Crippen molar-refractivity contribution < 1.29 is 14.3 Å². The molecular formula is C17H17NO3. The van der Waals surface area contributed by atoms with Crippen LogP contribution in [0.1, 0.15) is 28.4 Å². The van der Waals surface area contributed by atoms with Crippen LogP contribution in [0.15, 0.2) is 42.5 Å². The van der Waals surface area contributed by atoms with Gasteiger partial charge in [-0.2, -0.15) is 0 Å². The molecule has 0 unspecified atom stereocenters. The van der Waals surface area contributed by atoms with Crippen LogP contribution in [0.3, 0.4) is 0 Å². The van der Waals surface area contributed by atoms with Gasteiger partial charge >= 0.3 is 5.97 Å². The zero-order valence-electron chi connectivity index (χ0n) is 12.3. The maximum absolute atomic E-state index is 12.2. The number of hydrogen-bond acceptors (Lipinski definition) is 3. The molecule has 0 saturated heterocycles. The molecule has 0 bridgehead atoms. The maximum Gasteiger partial charge on any atom is 0.308 e. The zero-order chi connectivity index (χ0) is 15.4. The third-order valence-electron chi connectivity index (χ3n) is 3.01. The van der Waals surface area contributed by atoms with Crippen LogP contribution in [0.2, 0.25) is 0 Å². The number of ether oxygens (including phenoxy) is 1. The largest absolute Gasteiger partial charge is 0.427 e. The number of esters is 1. The van der Waals surface area contributed by atoms with Crippen LogP contribution < -0.4 is 10.1 Å². The Kier molecular flexibility index (Phi) is 4.38. The topological polar surface area (TPSA) is 55.4 Å². The molecule has 1 N–H and O–H groups in total. The molecule has 0 spiro atoms. The van der Waals surface area contributed by atoms with Gasteiger partial charge < -0.3 is 10.1 Å². The van der Waals surface area contributed by atoms with E-state index in [1.165, 1.54) is 6.92 Å². The van der Waals surface area contributed by atoms with Crippen LogP contribution >= 0.6 is 0 Å². The van der Waals surface area contributed by atoms with Crippen LogP contribution in [0.5, 0.6) is 5.75 Å². The van der Waals surface area contributed by atoms with Gasteiger partial charge in [-0.05, 0) is 49.7 Å². The number of rotatable bonds is 3. The smallest absolute Gasteiger partial charge is 0.308 e. The number of carbonyl (C=O) groups excluding carboxylic acids is 2. The number of benzene rings is 2. The number of aryl methyl sites for hydroxylation is 2. The second-order valence-corrected chi connectivity index (χ2v) is 4.89. The fourth-order valence-corrected chi connectivity index (χ4v) is 1.99. The molecule has 21 heavy (non-hydrogen) atoms. The molecule has 0 aliphatic heterocycles. The monoisotopic (exact) mass is 283 g/mol. The summed E-state index contributed by atoms with van der Waals surface area (Å²) in [7, 11) is 0. The molecule has 108 valence electrons. The lowest BCUT2D eigenvalue weighted by Crippen LogP contribution is -2.12. The van der Waals surface area contributed by atoms with Crippen molar-refractivity contribution in [3.05, 3.63) is 59.2 Å². The molecule has 0 radical (unpaired) electrons. The van der Waals surface area contributed by atoms with Gasteiger partial charge in [0, 0.05) is 18.2 Å². The van der Waals surface area contributed by atoms with Gasteiger partial charge in [0.05, 0.1) is 0 Å². The Morgan fingerprint density at radius 1 is 1.00 bits per heavy atom. The van der Waals surface area contributed by atoms with Gasteiger partial charge in [0.1, 0.15) is 5.75 Å². The minimum Gasteiger partial charge on any atom is -0.427 e. The Balaban J connectivity index is 2.11. The lowest BCUT2D eigenvalue weighted by atomic mass is 10.1. The lowest BCUT2D eigenvalue weighted by molar-refractivity contribution is -0.131. The van der Waals surface area contributed by atoms with Gasteiger partial charge in [-0.15, -0.1) is 0 Å². The molecule has 4 nitrogen and oxygen atoms in total. The molecule has 0 heterocycles. The van der Waals surface area contributed by atoms with Crippen molar-refractivity contribution in [2.45, 2.75) is 20.8 Å². The normalized spacial score (nSPS) is 10.0. The number of nitrogens with one attached hydrogen (secondary N) is 1. The van der Waals surface area contributed by atoms with E-state index in [2.05, 4.69) is 5.32 Å². The van der Waals surface area contributed by atoms with E-state index in [9.17, 15) is 9.59 Å². The average molecular weight is 283 g/mol. The molecule has 1 amide bonds. The minimum atomic E-state index is -0.387. The molecule has 0 saturated carbocycles. The van der Waals surface area contributed by atoms with Gasteiger partial charge in [0.2, 0.25) is 0 Å². The predicted molar refractivity (Wildman–Crippen MR) is 81.6 cm³/mol. The number of carbonyl (C=O) groups is 2. The third-order valence-corrected chi connectivity index (χ3v) is 3.01. The first-order chi connectivity index (χ1) is 9.95. The van der Waals surface area contributed by atoms with Crippen LogP contribution in [0.4, 0.5) is 5.69 Å². The first-order valence-corrected chi connectivity index (χ1v) is 6.63. The second kappa shape index (κ2) is 6.22. The van der Waals surface area contributed by atoms with E-state index >= 15 is 0 Å². The molecule has 0 fully saturated rings. The van der Waals surface area contributed by atoms with Crippen molar-refractivity contribution in [3.63, 3.8) is 0 Å². The first-order valence-electron chi connectivity index (χ1n) is 6.63. The highest BCUT2D eigenvalue weighted by Crippen LogP contribution is 2.18. The summed E-state index contributed by atoms with van der Waals surface area (Å²) in [5.41, 5.74) is 3.46. The molecule has 4 heteroatoms. The summed E-state index contributed by atoms with van der Waals surface area (Å²) in [6, 6.07) is 12.3. The fourth-order valence-electron chi connectivity index (χ4n) is 1.99. The van der Waals surface area contributed by atoms with Gasteiger partial charge in [-0.1, -0.05) is 17.7 Å². The van der Waals surface area contributed by atoms with Gasteiger partial charge in [-0.3, -0.25) is 9.59 Å². The average Bonchev–Trinajstić information content (AvgIpc) is 2.42. The van der Waals surface area contributed by atoms with E-state index in [4.69, 9.17) is 4.74 Å². The highest BCUT2D eigenvalue weighted by molar-refractivity contribution is 6.04. The van der Waals surface area contributed by atoms with Crippen molar-refractivity contribution in [1.82, 2.24) is 0 Å². The molecule has 2 rings (SSSR count). The van der Waals surface area contributed by atoms with Crippen molar-refractivity contribution in [1.29, 1.82) is 0 Å². The standard InChI is InChI=1S/C17H17NO3/c1-11-4-9-16(12(2)10-11)18-17(20)14-5-7-15(8-6-14)21-13(3)19/h4-10H,1-3H3,(H,18,20). The number of amides is 1. The first kappa shape index (κ1) is 14.8. The molecule has 0 aromatic heterocycles. The van der Waals surface area contributed by atoms with E-state index in [-0.39, 0.29) is 11.9 Å². The van der Waals surface area contributed by atoms with Gasteiger partial charge in [0.15, 0.2) is 0 Å².